The van der Waals surface area contributed by atoms with Crippen LogP contribution in [0.1, 0.15) is 0 Å². The topological polar surface area (TPSA) is 134 Å². The lowest BCUT2D eigenvalue weighted by Crippen LogP contribution is -2.11. The van der Waals surface area contributed by atoms with Gasteiger partial charge in [0.05, 0.1) is 18.0 Å². The molecule has 3 heterocycles. The Morgan fingerprint density at radius 1 is 1.24 bits per heavy atom. The summed E-state index contributed by atoms with van der Waals surface area (Å²) in [5.41, 5.74) is 1.36. The Balaban J connectivity index is 1.79. The van der Waals surface area contributed by atoms with Gasteiger partial charge in [0, 0.05) is 11.9 Å². The molecule has 3 N–H and O–H groups in total. The molecule has 124 valence electrons. The first kappa shape index (κ1) is 14.8. The Morgan fingerprint density at radius 3 is 2.96 bits per heavy atom. The van der Waals surface area contributed by atoms with Crippen molar-refractivity contribution in [1.82, 2.24) is 35.6 Å². The molecule has 4 aromatic rings. The summed E-state index contributed by atoms with van der Waals surface area (Å²) in [5.74, 6) is 1.17. The molecule has 0 bridgehead atoms. The van der Waals surface area contributed by atoms with Gasteiger partial charge in [-0.05, 0) is 35.5 Å². The maximum atomic E-state index is 12.5. The van der Waals surface area contributed by atoms with Gasteiger partial charge in [0.1, 0.15) is 11.4 Å². The SMILES string of the molecule is COc1cccnc1-c1nc2ccc(Nc3nn[nH]n3)cc2c(=O)[nH]1. The number of hydrogen-bond acceptors (Lipinski definition) is 8. The third kappa shape index (κ3) is 2.76. The highest BCUT2D eigenvalue weighted by Crippen LogP contribution is 2.25. The second kappa shape index (κ2) is 6.00. The van der Waals surface area contributed by atoms with Crippen LogP contribution < -0.4 is 15.6 Å². The zero-order valence-electron chi connectivity index (χ0n) is 13.0. The van der Waals surface area contributed by atoms with Gasteiger partial charge in [-0.2, -0.15) is 5.21 Å². The second-order valence-electron chi connectivity index (χ2n) is 5.06. The monoisotopic (exact) mass is 336 g/mol. The van der Waals surface area contributed by atoms with Crippen molar-refractivity contribution in [3.8, 4) is 17.3 Å². The summed E-state index contributed by atoms with van der Waals surface area (Å²) in [6.45, 7) is 0. The number of anilines is 2. The van der Waals surface area contributed by atoms with Gasteiger partial charge in [-0.25, -0.2) is 9.97 Å². The first-order valence-electron chi connectivity index (χ1n) is 7.28. The Hall–Kier alpha value is -3.82. The molecule has 0 amide bonds. The summed E-state index contributed by atoms with van der Waals surface area (Å²) in [5, 5.41) is 16.8. The Labute approximate surface area is 140 Å². The van der Waals surface area contributed by atoms with Gasteiger partial charge >= 0.3 is 0 Å². The molecule has 10 heteroatoms. The van der Waals surface area contributed by atoms with Crippen LogP contribution in [0.3, 0.4) is 0 Å². The highest BCUT2D eigenvalue weighted by Gasteiger charge is 2.12. The lowest BCUT2D eigenvalue weighted by atomic mass is 10.2. The van der Waals surface area contributed by atoms with E-state index in [1.54, 1.807) is 36.5 Å². The lowest BCUT2D eigenvalue weighted by Gasteiger charge is -2.08. The number of H-pyrrole nitrogens is 2. The van der Waals surface area contributed by atoms with E-state index >= 15 is 0 Å². The van der Waals surface area contributed by atoms with Gasteiger partial charge in [-0.1, -0.05) is 5.10 Å². The Bertz CT molecular complexity index is 1090. The molecule has 25 heavy (non-hydrogen) atoms. The number of pyridine rings is 1. The molecule has 1 aromatic carbocycles. The van der Waals surface area contributed by atoms with E-state index in [0.717, 1.165) is 0 Å². The molecule has 0 atom stereocenters. The number of aromatic nitrogens is 7. The van der Waals surface area contributed by atoms with E-state index in [1.165, 1.54) is 7.11 Å². The fourth-order valence-corrected chi connectivity index (χ4v) is 2.41. The quantitative estimate of drug-likeness (QED) is 0.507. The number of methoxy groups -OCH3 is 1. The van der Waals surface area contributed by atoms with Gasteiger partial charge in [-0.15, -0.1) is 5.10 Å². The standard InChI is InChI=1S/C15H12N8O2/c1-25-11-3-2-6-16-12(11)13-18-10-5-4-8(7-9(10)14(24)19-13)17-15-20-22-23-21-15/h2-7H,1H3,(H,18,19,24)(H2,17,20,21,22,23). The highest BCUT2D eigenvalue weighted by atomic mass is 16.5. The van der Waals surface area contributed by atoms with Crippen molar-refractivity contribution in [3.63, 3.8) is 0 Å². The van der Waals surface area contributed by atoms with E-state index < -0.39 is 0 Å². The maximum Gasteiger partial charge on any atom is 0.267 e. The van der Waals surface area contributed by atoms with Crippen molar-refractivity contribution in [3.05, 3.63) is 46.9 Å². The molecule has 0 fully saturated rings. The molecule has 0 aliphatic rings. The average molecular weight is 336 g/mol. The Kier molecular flexibility index (Phi) is 3.54. The third-order valence-electron chi connectivity index (χ3n) is 3.52. The number of nitrogens with one attached hydrogen (secondary N) is 3. The fourth-order valence-electron chi connectivity index (χ4n) is 2.41. The molecular formula is C15H12N8O2. The predicted octanol–water partition coefficient (Wildman–Crippen LogP) is 1.25. The molecule has 0 radical (unpaired) electrons. The van der Waals surface area contributed by atoms with E-state index in [2.05, 4.69) is 40.9 Å². The maximum absolute atomic E-state index is 12.5. The number of ether oxygens (including phenoxy) is 1. The zero-order valence-corrected chi connectivity index (χ0v) is 13.0. The van der Waals surface area contributed by atoms with Gasteiger partial charge in [0.25, 0.3) is 11.5 Å². The van der Waals surface area contributed by atoms with Crippen molar-refractivity contribution >= 4 is 22.5 Å². The molecule has 0 saturated carbocycles. The van der Waals surface area contributed by atoms with Crippen LogP contribution in [-0.4, -0.2) is 42.7 Å². The van der Waals surface area contributed by atoms with Crippen molar-refractivity contribution in [2.75, 3.05) is 12.4 Å². The normalized spacial score (nSPS) is 10.8. The van der Waals surface area contributed by atoms with Crippen LogP contribution in [0, 0.1) is 0 Å². The van der Waals surface area contributed by atoms with Crippen LogP contribution in [0.15, 0.2) is 41.3 Å². The van der Waals surface area contributed by atoms with Crippen molar-refractivity contribution < 1.29 is 4.74 Å². The van der Waals surface area contributed by atoms with Gasteiger partial charge in [-0.3, -0.25) is 4.79 Å². The lowest BCUT2D eigenvalue weighted by molar-refractivity contribution is 0.414. The van der Waals surface area contributed by atoms with Crippen LogP contribution in [0.4, 0.5) is 11.6 Å². The average Bonchev–Trinajstić information content (AvgIpc) is 3.15. The van der Waals surface area contributed by atoms with E-state index in [-0.39, 0.29) is 5.56 Å². The number of nitrogens with zero attached hydrogens (tertiary/aromatic N) is 5. The van der Waals surface area contributed by atoms with E-state index in [0.29, 0.717) is 39.8 Å². The predicted molar refractivity (Wildman–Crippen MR) is 89.6 cm³/mol. The van der Waals surface area contributed by atoms with Crippen molar-refractivity contribution in [1.29, 1.82) is 0 Å². The van der Waals surface area contributed by atoms with Crippen molar-refractivity contribution in [2.24, 2.45) is 0 Å². The summed E-state index contributed by atoms with van der Waals surface area (Å²) < 4.78 is 5.27. The van der Waals surface area contributed by atoms with Gasteiger partial charge in [0.2, 0.25) is 0 Å². The minimum atomic E-state index is -0.288. The van der Waals surface area contributed by atoms with E-state index in [9.17, 15) is 4.79 Å². The van der Waals surface area contributed by atoms with E-state index in [4.69, 9.17) is 4.74 Å². The summed E-state index contributed by atoms with van der Waals surface area (Å²) in [4.78, 5) is 23.9. The molecule has 10 nitrogen and oxygen atoms in total. The number of rotatable bonds is 4. The first-order chi connectivity index (χ1) is 12.2. The number of tetrazole rings is 1. The summed E-state index contributed by atoms with van der Waals surface area (Å²) in [6, 6.07) is 8.66. The molecule has 0 unspecified atom stereocenters. The van der Waals surface area contributed by atoms with Gasteiger partial charge < -0.3 is 15.0 Å². The summed E-state index contributed by atoms with van der Waals surface area (Å²) >= 11 is 0. The molecule has 3 aromatic heterocycles. The molecular weight excluding hydrogens is 324 g/mol. The second-order valence-corrected chi connectivity index (χ2v) is 5.06. The first-order valence-corrected chi connectivity index (χ1v) is 7.28. The van der Waals surface area contributed by atoms with E-state index in [1.807, 2.05) is 0 Å². The van der Waals surface area contributed by atoms with Crippen LogP contribution >= 0.6 is 0 Å². The molecule has 0 aliphatic carbocycles. The fraction of sp³-hybridized carbons (Fsp3) is 0.0667. The highest BCUT2D eigenvalue weighted by molar-refractivity contribution is 5.83. The summed E-state index contributed by atoms with van der Waals surface area (Å²) in [6.07, 6.45) is 1.61. The number of benzene rings is 1. The number of aromatic amines is 2. The molecule has 0 spiro atoms. The minimum absolute atomic E-state index is 0.288. The number of fused-ring (bicyclic) bond motifs is 1. The smallest absolute Gasteiger partial charge is 0.267 e. The van der Waals surface area contributed by atoms with Crippen LogP contribution in [0.25, 0.3) is 22.4 Å². The molecule has 0 saturated heterocycles. The largest absolute Gasteiger partial charge is 0.494 e. The Morgan fingerprint density at radius 2 is 2.16 bits per heavy atom. The van der Waals surface area contributed by atoms with Crippen LogP contribution in [0.2, 0.25) is 0 Å². The minimum Gasteiger partial charge on any atom is -0.494 e. The van der Waals surface area contributed by atoms with Crippen LogP contribution in [0.5, 0.6) is 5.75 Å². The number of hydrogen-bond donors (Lipinski definition) is 3. The third-order valence-corrected chi connectivity index (χ3v) is 3.52. The van der Waals surface area contributed by atoms with Gasteiger partial charge in [0.15, 0.2) is 5.82 Å². The zero-order chi connectivity index (χ0) is 17.2. The van der Waals surface area contributed by atoms with Crippen LogP contribution in [-0.2, 0) is 0 Å². The molecule has 0 aliphatic heterocycles. The molecule has 4 rings (SSSR count). The summed E-state index contributed by atoms with van der Waals surface area (Å²) in [7, 11) is 1.54. The van der Waals surface area contributed by atoms with Crippen molar-refractivity contribution in [2.45, 2.75) is 0 Å².